The second-order valence-corrected chi connectivity index (χ2v) is 2.54. The summed E-state index contributed by atoms with van der Waals surface area (Å²) in [5.74, 6) is 0. The van der Waals surface area contributed by atoms with Gasteiger partial charge in [0.05, 0.1) is 5.69 Å². The molecule has 0 aliphatic rings. The van der Waals surface area contributed by atoms with E-state index in [4.69, 9.17) is 11.0 Å². The summed E-state index contributed by atoms with van der Waals surface area (Å²) >= 11 is 0. The predicted molar refractivity (Wildman–Crippen MR) is 43.1 cm³/mol. The Kier molecular flexibility index (Phi) is 2.42. The normalized spacial score (nSPS) is 10.1. The Morgan fingerprint density at radius 1 is 1.62 bits per heavy atom. The monoisotopic (exact) mass is 183 g/mol. The van der Waals surface area contributed by atoms with Crippen LogP contribution in [0.15, 0.2) is 6.07 Å². The molecule has 5 heteroatoms. The summed E-state index contributed by atoms with van der Waals surface area (Å²) in [5, 5.41) is 8.46. The molecular weight excluding hydrogens is 176 g/mol. The average Bonchev–Trinajstić information content (AvgIpc) is 2.09. The average molecular weight is 183 g/mol. The Bertz CT molecular complexity index is 368. The van der Waals surface area contributed by atoms with Crippen molar-refractivity contribution in [3.63, 3.8) is 0 Å². The van der Waals surface area contributed by atoms with Crippen LogP contribution in [0.25, 0.3) is 0 Å². The molecule has 2 N–H and O–H groups in total. The highest BCUT2D eigenvalue weighted by Gasteiger charge is 2.15. The van der Waals surface area contributed by atoms with Gasteiger partial charge in [0.1, 0.15) is 17.5 Å². The van der Waals surface area contributed by atoms with Crippen molar-refractivity contribution in [2.24, 2.45) is 0 Å². The SMILES string of the molecule is Cc1cc(C#N)nc(C(F)F)c1N. The van der Waals surface area contributed by atoms with Crippen molar-refractivity contribution in [3.8, 4) is 6.07 Å². The number of halogens is 2. The van der Waals surface area contributed by atoms with Gasteiger partial charge in [-0.25, -0.2) is 13.8 Å². The van der Waals surface area contributed by atoms with E-state index in [1.165, 1.54) is 6.07 Å². The number of rotatable bonds is 1. The molecule has 1 heterocycles. The zero-order valence-electron chi connectivity index (χ0n) is 6.88. The van der Waals surface area contributed by atoms with E-state index in [0.29, 0.717) is 5.56 Å². The summed E-state index contributed by atoms with van der Waals surface area (Å²) in [6, 6.07) is 3.07. The summed E-state index contributed by atoms with van der Waals surface area (Å²) < 4.78 is 24.5. The number of nitrogens with zero attached hydrogens (tertiary/aromatic N) is 2. The van der Waals surface area contributed by atoms with Gasteiger partial charge >= 0.3 is 0 Å². The second-order valence-electron chi connectivity index (χ2n) is 2.54. The molecule has 1 rings (SSSR count). The van der Waals surface area contributed by atoms with Crippen LogP contribution < -0.4 is 5.73 Å². The van der Waals surface area contributed by atoms with Gasteiger partial charge < -0.3 is 5.73 Å². The van der Waals surface area contributed by atoms with E-state index < -0.39 is 12.1 Å². The molecule has 0 spiro atoms. The van der Waals surface area contributed by atoms with Gasteiger partial charge in [0.25, 0.3) is 6.43 Å². The summed E-state index contributed by atoms with van der Waals surface area (Å²) in [6.45, 7) is 1.56. The molecule has 0 amide bonds. The van der Waals surface area contributed by atoms with Crippen molar-refractivity contribution < 1.29 is 8.78 Å². The van der Waals surface area contributed by atoms with Crippen LogP contribution in [0, 0.1) is 18.3 Å². The minimum Gasteiger partial charge on any atom is -0.397 e. The number of aromatic nitrogens is 1. The zero-order chi connectivity index (χ0) is 10.0. The van der Waals surface area contributed by atoms with Crippen LogP contribution in [0.1, 0.15) is 23.4 Å². The van der Waals surface area contributed by atoms with Crippen LogP contribution in [0.5, 0.6) is 0 Å². The van der Waals surface area contributed by atoms with E-state index >= 15 is 0 Å². The number of nitrogens with two attached hydrogens (primary N) is 1. The Morgan fingerprint density at radius 2 is 2.23 bits per heavy atom. The van der Waals surface area contributed by atoms with Gasteiger partial charge in [-0.05, 0) is 18.6 Å². The molecule has 0 atom stereocenters. The first-order valence-electron chi connectivity index (χ1n) is 3.51. The molecule has 0 bridgehead atoms. The number of anilines is 1. The lowest BCUT2D eigenvalue weighted by Gasteiger charge is -2.06. The van der Waals surface area contributed by atoms with Crippen LogP contribution in [0.2, 0.25) is 0 Å². The Morgan fingerprint density at radius 3 is 2.69 bits per heavy atom. The van der Waals surface area contributed by atoms with Crippen LogP contribution in [0.4, 0.5) is 14.5 Å². The van der Waals surface area contributed by atoms with E-state index in [1.54, 1.807) is 13.0 Å². The zero-order valence-corrected chi connectivity index (χ0v) is 6.88. The van der Waals surface area contributed by atoms with Gasteiger partial charge in [-0.2, -0.15) is 5.26 Å². The van der Waals surface area contributed by atoms with Gasteiger partial charge in [-0.3, -0.25) is 0 Å². The highest BCUT2D eigenvalue weighted by atomic mass is 19.3. The fraction of sp³-hybridized carbons (Fsp3) is 0.250. The molecule has 0 saturated carbocycles. The molecule has 13 heavy (non-hydrogen) atoms. The topological polar surface area (TPSA) is 62.7 Å². The van der Waals surface area contributed by atoms with Crippen molar-refractivity contribution in [3.05, 3.63) is 23.0 Å². The van der Waals surface area contributed by atoms with E-state index in [1.807, 2.05) is 0 Å². The standard InChI is InChI=1S/C8H7F2N3/c1-4-2-5(3-11)13-7(6(4)12)8(9)10/h2,8H,12H2,1H3. The molecule has 0 aromatic carbocycles. The van der Waals surface area contributed by atoms with Gasteiger partial charge in [-0.15, -0.1) is 0 Å². The molecule has 1 aromatic rings. The lowest BCUT2D eigenvalue weighted by Crippen LogP contribution is -2.02. The van der Waals surface area contributed by atoms with Crippen LogP contribution in [-0.4, -0.2) is 4.98 Å². The largest absolute Gasteiger partial charge is 0.397 e. The van der Waals surface area contributed by atoms with Crippen LogP contribution in [0.3, 0.4) is 0 Å². The number of alkyl halides is 2. The van der Waals surface area contributed by atoms with Gasteiger partial charge in [0.2, 0.25) is 0 Å². The van der Waals surface area contributed by atoms with E-state index in [-0.39, 0.29) is 11.4 Å². The Balaban J connectivity index is 3.35. The van der Waals surface area contributed by atoms with Crippen molar-refractivity contribution in [1.82, 2.24) is 4.98 Å². The molecule has 3 nitrogen and oxygen atoms in total. The van der Waals surface area contributed by atoms with E-state index in [9.17, 15) is 8.78 Å². The molecule has 0 aliphatic carbocycles. The number of nitrogen functional groups attached to an aromatic ring is 1. The number of pyridine rings is 1. The molecular formula is C8H7F2N3. The smallest absolute Gasteiger partial charge is 0.282 e. The van der Waals surface area contributed by atoms with Crippen molar-refractivity contribution in [2.45, 2.75) is 13.3 Å². The Labute approximate surface area is 73.8 Å². The van der Waals surface area contributed by atoms with Crippen LogP contribution in [-0.2, 0) is 0 Å². The number of hydrogen-bond donors (Lipinski definition) is 1. The quantitative estimate of drug-likeness (QED) is 0.721. The van der Waals surface area contributed by atoms with Crippen molar-refractivity contribution in [2.75, 3.05) is 5.73 Å². The summed E-state index contributed by atoms with van der Waals surface area (Å²) in [7, 11) is 0. The second kappa shape index (κ2) is 3.35. The first kappa shape index (κ1) is 9.39. The van der Waals surface area contributed by atoms with E-state index in [2.05, 4.69) is 4.98 Å². The first-order chi connectivity index (χ1) is 6.06. The van der Waals surface area contributed by atoms with Gasteiger partial charge in [0.15, 0.2) is 0 Å². The van der Waals surface area contributed by atoms with Crippen molar-refractivity contribution in [1.29, 1.82) is 5.26 Å². The molecule has 1 aromatic heterocycles. The predicted octanol–water partition coefficient (Wildman–Crippen LogP) is 1.78. The molecule has 68 valence electrons. The maximum atomic E-state index is 12.3. The van der Waals surface area contributed by atoms with Gasteiger partial charge in [0, 0.05) is 0 Å². The lowest BCUT2D eigenvalue weighted by atomic mass is 10.1. The van der Waals surface area contributed by atoms with Crippen LogP contribution >= 0.6 is 0 Å². The summed E-state index contributed by atoms with van der Waals surface area (Å²) in [5.41, 5.74) is 5.20. The first-order valence-corrected chi connectivity index (χ1v) is 3.51. The van der Waals surface area contributed by atoms with Gasteiger partial charge in [-0.1, -0.05) is 0 Å². The molecule has 0 saturated heterocycles. The third-order valence-corrected chi connectivity index (χ3v) is 1.62. The number of nitriles is 1. The molecule has 0 radical (unpaired) electrons. The molecule has 0 unspecified atom stereocenters. The highest BCUT2D eigenvalue weighted by molar-refractivity contribution is 5.52. The summed E-state index contributed by atoms with van der Waals surface area (Å²) in [6.07, 6.45) is -2.74. The minimum absolute atomic E-state index is 0.0398. The third-order valence-electron chi connectivity index (χ3n) is 1.62. The fourth-order valence-electron chi connectivity index (χ4n) is 0.931. The van der Waals surface area contributed by atoms with Crippen molar-refractivity contribution >= 4 is 5.69 Å². The summed E-state index contributed by atoms with van der Waals surface area (Å²) in [4.78, 5) is 3.42. The highest BCUT2D eigenvalue weighted by Crippen LogP contribution is 2.25. The lowest BCUT2D eigenvalue weighted by molar-refractivity contribution is 0.147. The molecule has 0 fully saturated rings. The third kappa shape index (κ3) is 1.72. The maximum absolute atomic E-state index is 12.3. The maximum Gasteiger partial charge on any atom is 0.282 e. The minimum atomic E-state index is -2.74. The molecule has 0 aliphatic heterocycles. The fourth-order valence-corrected chi connectivity index (χ4v) is 0.931. The Hall–Kier alpha value is -1.70. The van der Waals surface area contributed by atoms with E-state index in [0.717, 1.165) is 0 Å². The number of hydrogen-bond acceptors (Lipinski definition) is 3. The number of aryl methyl sites for hydroxylation is 1.